The molecule has 0 radical (unpaired) electrons. The molecule has 0 aliphatic rings. The van der Waals surface area contributed by atoms with Gasteiger partial charge in [0, 0.05) is 12.8 Å². The van der Waals surface area contributed by atoms with E-state index in [1.54, 1.807) is 0 Å². The third-order valence-electron chi connectivity index (χ3n) is 6.72. The van der Waals surface area contributed by atoms with Crippen molar-refractivity contribution in [1.29, 1.82) is 0 Å². The zero-order chi connectivity index (χ0) is 32.2. The third kappa shape index (κ3) is 30.3. The predicted octanol–water partition coefficient (Wildman–Crippen LogP) is 7.43. The molecule has 0 aliphatic heterocycles. The number of likely N-dealkylation sites (N-methyl/N-ethyl adjacent to an activating group) is 1. The second-order valence-corrected chi connectivity index (χ2v) is 13.6. The number of esters is 2. The average molecular weight is 632 g/mol. The van der Waals surface area contributed by atoms with Crippen LogP contribution in [-0.2, 0) is 32.7 Å². The normalized spacial score (nSPS) is 14.3. The zero-order valence-electron chi connectivity index (χ0n) is 27.9. The molecule has 0 aliphatic carbocycles. The summed E-state index contributed by atoms with van der Waals surface area (Å²) in [5.41, 5.74) is 0. The molecule has 2 atom stereocenters. The Labute approximate surface area is 262 Å². The number of allylic oxidation sites excluding steroid dienone is 4. The topological polar surface area (TPSA) is 111 Å². The molecule has 0 aromatic carbocycles. The van der Waals surface area contributed by atoms with Crippen molar-refractivity contribution in [2.45, 2.75) is 129 Å². The van der Waals surface area contributed by atoms with Crippen molar-refractivity contribution in [1.82, 2.24) is 0 Å². The second-order valence-electron chi connectivity index (χ2n) is 12.2. The van der Waals surface area contributed by atoms with E-state index in [1.807, 2.05) is 28.1 Å². The zero-order valence-corrected chi connectivity index (χ0v) is 28.8. The lowest BCUT2D eigenvalue weighted by Crippen LogP contribution is -2.37. The highest BCUT2D eigenvalue weighted by Gasteiger charge is 2.21. The van der Waals surface area contributed by atoms with Crippen LogP contribution in [0.5, 0.6) is 0 Å². The molecule has 0 bridgehead atoms. The van der Waals surface area contributed by atoms with Gasteiger partial charge in [-0.2, -0.15) is 0 Å². The van der Waals surface area contributed by atoms with Gasteiger partial charge in [0.1, 0.15) is 19.8 Å². The standard InChI is InChI=1S/C33H62NO8P/c1-6-8-10-11-12-13-14-15-16-17-18-19-20-21-22-23-24-26-33(36)42-31(29-39-32(35)25-9-7-2)30-41-43(37,38)40-28-27-34(3,4)5/h12-13,15-16,31H,6-11,14,17-30H2,1-5H3/b13-12-,16-15-. The van der Waals surface area contributed by atoms with Crippen LogP contribution >= 0.6 is 7.82 Å². The maximum atomic E-state index is 12.4. The summed E-state index contributed by atoms with van der Waals surface area (Å²) in [7, 11) is 1.15. The SMILES string of the molecule is CCCCC/C=C\C/C=C\CCCCCCCCCC(=O)OC(COC(=O)CCCC)COP(=O)([O-])OCC[N+](C)(C)C. The smallest absolute Gasteiger partial charge is 0.306 e. The Balaban J connectivity index is 4.22. The van der Waals surface area contributed by atoms with Crippen LogP contribution in [0.1, 0.15) is 123 Å². The van der Waals surface area contributed by atoms with E-state index in [0.29, 0.717) is 23.9 Å². The number of unbranched alkanes of at least 4 members (excludes halogenated alkanes) is 11. The van der Waals surface area contributed by atoms with Crippen molar-refractivity contribution in [3.05, 3.63) is 24.3 Å². The van der Waals surface area contributed by atoms with Crippen molar-refractivity contribution in [3.63, 3.8) is 0 Å². The summed E-state index contributed by atoms with van der Waals surface area (Å²) in [4.78, 5) is 36.5. The largest absolute Gasteiger partial charge is 0.756 e. The van der Waals surface area contributed by atoms with E-state index in [2.05, 4.69) is 31.2 Å². The van der Waals surface area contributed by atoms with E-state index < -0.39 is 32.5 Å². The van der Waals surface area contributed by atoms with Crippen LogP contribution in [0.25, 0.3) is 0 Å². The Hall–Kier alpha value is -1.51. The molecule has 0 amide bonds. The summed E-state index contributed by atoms with van der Waals surface area (Å²) >= 11 is 0. The van der Waals surface area contributed by atoms with E-state index in [9.17, 15) is 19.0 Å². The molecule has 2 unspecified atom stereocenters. The summed E-state index contributed by atoms with van der Waals surface area (Å²) in [5, 5.41) is 0. The number of nitrogens with zero attached hydrogens (tertiary/aromatic N) is 1. The first-order valence-electron chi connectivity index (χ1n) is 16.5. The number of hydrogen-bond acceptors (Lipinski definition) is 8. The Bertz CT molecular complexity index is 809. The summed E-state index contributed by atoms with van der Waals surface area (Å²) in [6.07, 6.45) is 24.6. The lowest BCUT2D eigenvalue weighted by Gasteiger charge is -2.28. The fourth-order valence-electron chi connectivity index (χ4n) is 4.01. The van der Waals surface area contributed by atoms with Gasteiger partial charge in [0.25, 0.3) is 7.82 Å². The first-order valence-corrected chi connectivity index (χ1v) is 18.0. The summed E-state index contributed by atoms with van der Waals surface area (Å²) in [6.45, 7) is 3.89. The molecule has 0 aromatic rings. The molecule has 10 heteroatoms. The van der Waals surface area contributed by atoms with Crippen LogP contribution in [0, 0.1) is 0 Å². The molecule has 0 rings (SSSR count). The number of carbonyl (C=O) groups excluding carboxylic acids is 2. The van der Waals surface area contributed by atoms with Gasteiger partial charge >= 0.3 is 11.9 Å². The highest BCUT2D eigenvalue weighted by molar-refractivity contribution is 7.45. The molecule has 0 fully saturated rings. The van der Waals surface area contributed by atoms with E-state index in [-0.39, 0.29) is 26.1 Å². The highest BCUT2D eigenvalue weighted by atomic mass is 31.2. The lowest BCUT2D eigenvalue weighted by atomic mass is 10.1. The number of rotatable bonds is 29. The number of ether oxygens (including phenoxy) is 2. The van der Waals surface area contributed by atoms with Crippen molar-refractivity contribution in [2.24, 2.45) is 0 Å². The monoisotopic (exact) mass is 631 g/mol. The molecular weight excluding hydrogens is 569 g/mol. The van der Waals surface area contributed by atoms with E-state index >= 15 is 0 Å². The minimum Gasteiger partial charge on any atom is -0.756 e. The Morgan fingerprint density at radius 3 is 1.88 bits per heavy atom. The number of phosphoric acid groups is 1. The molecule has 9 nitrogen and oxygen atoms in total. The van der Waals surface area contributed by atoms with E-state index in [0.717, 1.165) is 38.5 Å². The Kier molecular flexibility index (Phi) is 25.9. The number of quaternary nitrogens is 1. The quantitative estimate of drug-likeness (QED) is 0.0275. The maximum absolute atomic E-state index is 12.4. The summed E-state index contributed by atoms with van der Waals surface area (Å²) in [6, 6.07) is 0. The first kappa shape index (κ1) is 41.5. The molecule has 0 heterocycles. The third-order valence-corrected chi connectivity index (χ3v) is 7.69. The van der Waals surface area contributed by atoms with Crippen LogP contribution in [0.2, 0.25) is 0 Å². The number of hydrogen-bond donors (Lipinski definition) is 0. The lowest BCUT2D eigenvalue weighted by molar-refractivity contribution is -0.870. The van der Waals surface area contributed by atoms with Gasteiger partial charge in [-0.25, -0.2) is 0 Å². The molecule has 252 valence electrons. The predicted molar refractivity (Wildman–Crippen MR) is 171 cm³/mol. The molecular formula is C33H62NO8P. The Morgan fingerprint density at radius 2 is 1.28 bits per heavy atom. The average Bonchev–Trinajstić information content (AvgIpc) is 2.94. The van der Waals surface area contributed by atoms with Crippen LogP contribution in [-0.4, -0.2) is 70.0 Å². The number of carbonyl (C=O) groups is 2. The van der Waals surface area contributed by atoms with Gasteiger partial charge in [0.05, 0.1) is 27.7 Å². The van der Waals surface area contributed by atoms with Crippen molar-refractivity contribution in [3.8, 4) is 0 Å². The van der Waals surface area contributed by atoms with Crippen LogP contribution < -0.4 is 4.89 Å². The van der Waals surface area contributed by atoms with Gasteiger partial charge in [-0.05, 0) is 44.9 Å². The molecule has 0 saturated carbocycles. The summed E-state index contributed by atoms with van der Waals surface area (Å²) in [5.74, 6) is -0.888. The second kappa shape index (κ2) is 26.9. The van der Waals surface area contributed by atoms with Crippen LogP contribution in [0.4, 0.5) is 0 Å². The summed E-state index contributed by atoms with van der Waals surface area (Å²) < 4.78 is 33.2. The first-order chi connectivity index (χ1) is 20.5. The van der Waals surface area contributed by atoms with Crippen molar-refractivity contribution < 1.29 is 42.1 Å². The van der Waals surface area contributed by atoms with Gasteiger partial charge in [0.15, 0.2) is 6.10 Å². The van der Waals surface area contributed by atoms with E-state index in [4.69, 9.17) is 18.5 Å². The fourth-order valence-corrected chi connectivity index (χ4v) is 4.74. The highest BCUT2D eigenvalue weighted by Crippen LogP contribution is 2.38. The van der Waals surface area contributed by atoms with Crippen molar-refractivity contribution >= 4 is 19.8 Å². The minimum absolute atomic E-state index is 0.0328. The maximum Gasteiger partial charge on any atom is 0.306 e. The molecule has 0 spiro atoms. The van der Waals surface area contributed by atoms with Gasteiger partial charge < -0.3 is 27.9 Å². The van der Waals surface area contributed by atoms with Gasteiger partial charge in [-0.3, -0.25) is 14.2 Å². The Morgan fingerprint density at radius 1 is 0.721 bits per heavy atom. The fraction of sp³-hybridized carbons (Fsp3) is 0.818. The molecule has 0 aromatic heterocycles. The van der Waals surface area contributed by atoms with Crippen LogP contribution in [0.3, 0.4) is 0 Å². The van der Waals surface area contributed by atoms with Gasteiger partial charge in [-0.15, -0.1) is 0 Å². The van der Waals surface area contributed by atoms with Crippen molar-refractivity contribution in [2.75, 3.05) is 47.5 Å². The van der Waals surface area contributed by atoms with Gasteiger partial charge in [-0.1, -0.05) is 89.5 Å². The molecule has 0 N–H and O–H groups in total. The number of phosphoric ester groups is 1. The van der Waals surface area contributed by atoms with E-state index in [1.165, 1.54) is 44.9 Å². The van der Waals surface area contributed by atoms with Crippen LogP contribution in [0.15, 0.2) is 24.3 Å². The van der Waals surface area contributed by atoms with Gasteiger partial charge in [0.2, 0.25) is 0 Å². The molecule has 0 saturated heterocycles. The molecule has 43 heavy (non-hydrogen) atoms. The minimum atomic E-state index is -4.59.